The molecular weight excluding hydrogens is 238 g/mol. The van der Waals surface area contributed by atoms with Crippen LogP contribution in [0.4, 0.5) is 0 Å². The van der Waals surface area contributed by atoms with E-state index in [1.165, 1.54) is 0 Å². The third-order valence-corrected chi connectivity index (χ3v) is 3.62. The lowest BCUT2D eigenvalue weighted by molar-refractivity contribution is -0.121. The van der Waals surface area contributed by atoms with Gasteiger partial charge in [-0.05, 0) is 24.3 Å². The van der Waals surface area contributed by atoms with Crippen molar-refractivity contribution < 1.29 is 4.79 Å². The first-order valence-electron chi connectivity index (χ1n) is 7.11. The molecule has 1 rings (SSSR count). The van der Waals surface area contributed by atoms with Gasteiger partial charge in [-0.3, -0.25) is 9.48 Å². The zero-order valence-electron chi connectivity index (χ0n) is 12.8. The van der Waals surface area contributed by atoms with Crippen LogP contribution in [-0.4, -0.2) is 21.6 Å². The molecule has 19 heavy (non-hydrogen) atoms. The largest absolute Gasteiger partial charge is 0.321 e. The number of ketones is 1. The van der Waals surface area contributed by atoms with E-state index in [9.17, 15) is 4.79 Å². The van der Waals surface area contributed by atoms with Gasteiger partial charge in [0.15, 0.2) is 5.78 Å². The monoisotopic (exact) mass is 265 g/mol. The van der Waals surface area contributed by atoms with E-state index in [1.807, 2.05) is 37.7 Å². The fourth-order valence-electron chi connectivity index (χ4n) is 2.11. The van der Waals surface area contributed by atoms with Crippen molar-refractivity contribution in [2.75, 3.05) is 0 Å². The number of hydrogen-bond donors (Lipinski definition) is 1. The van der Waals surface area contributed by atoms with Crippen molar-refractivity contribution in [3.8, 4) is 0 Å². The molecule has 0 aliphatic carbocycles. The van der Waals surface area contributed by atoms with Gasteiger partial charge in [-0.15, -0.1) is 0 Å². The summed E-state index contributed by atoms with van der Waals surface area (Å²) in [5.74, 6) is 0.0577. The highest BCUT2D eigenvalue weighted by Crippen LogP contribution is 2.20. The van der Waals surface area contributed by atoms with Crippen LogP contribution in [0.1, 0.15) is 59.2 Å². The third kappa shape index (κ3) is 4.16. The maximum atomic E-state index is 12.1. The number of Topliss-reactive ketones (excluding diaryl/α,β-unsaturated/α-hetero) is 1. The Kier molecular flexibility index (Phi) is 5.29. The van der Waals surface area contributed by atoms with Crippen LogP contribution in [0.5, 0.6) is 0 Å². The molecule has 0 bridgehead atoms. The number of nitrogens with zero attached hydrogens (tertiary/aromatic N) is 2. The first-order chi connectivity index (χ1) is 8.79. The van der Waals surface area contributed by atoms with Crippen LogP contribution in [-0.2, 0) is 11.2 Å². The van der Waals surface area contributed by atoms with Gasteiger partial charge in [-0.1, -0.05) is 34.6 Å². The second-order valence-electron chi connectivity index (χ2n) is 6.24. The normalized spacial score (nSPS) is 13.8. The summed E-state index contributed by atoms with van der Waals surface area (Å²) in [4.78, 5) is 12.1. The van der Waals surface area contributed by atoms with Crippen molar-refractivity contribution >= 4 is 5.78 Å². The molecule has 1 atom stereocenters. The van der Waals surface area contributed by atoms with Gasteiger partial charge in [0.05, 0.1) is 24.2 Å². The quantitative estimate of drug-likeness (QED) is 0.860. The first-order valence-corrected chi connectivity index (χ1v) is 7.11. The van der Waals surface area contributed by atoms with Crippen LogP contribution in [0, 0.1) is 5.41 Å². The van der Waals surface area contributed by atoms with Gasteiger partial charge >= 0.3 is 0 Å². The Morgan fingerprint density at radius 2 is 1.95 bits per heavy atom. The minimum Gasteiger partial charge on any atom is -0.321 e. The molecule has 0 amide bonds. The van der Waals surface area contributed by atoms with E-state index in [-0.39, 0.29) is 11.2 Å². The molecule has 0 radical (unpaired) electrons. The van der Waals surface area contributed by atoms with Gasteiger partial charge in [0, 0.05) is 6.20 Å². The van der Waals surface area contributed by atoms with E-state index in [4.69, 9.17) is 5.73 Å². The lowest BCUT2D eigenvalue weighted by Gasteiger charge is -2.25. The molecular formula is C15H27N3O. The maximum absolute atomic E-state index is 12.1. The lowest BCUT2D eigenvalue weighted by atomic mass is 9.84. The molecule has 0 aliphatic heterocycles. The Morgan fingerprint density at radius 3 is 2.42 bits per heavy atom. The highest BCUT2D eigenvalue weighted by molar-refractivity contribution is 5.86. The van der Waals surface area contributed by atoms with E-state index < -0.39 is 6.04 Å². The molecule has 4 nitrogen and oxygen atoms in total. The zero-order valence-corrected chi connectivity index (χ0v) is 12.8. The summed E-state index contributed by atoms with van der Waals surface area (Å²) in [7, 11) is 0. The van der Waals surface area contributed by atoms with Gasteiger partial charge in [0.25, 0.3) is 0 Å². The summed E-state index contributed by atoms with van der Waals surface area (Å²) >= 11 is 0. The van der Waals surface area contributed by atoms with Gasteiger partial charge in [0.2, 0.25) is 0 Å². The second kappa shape index (κ2) is 6.33. The van der Waals surface area contributed by atoms with Crippen LogP contribution in [0.2, 0.25) is 0 Å². The third-order valence-electron chi connectivity index (χ3n) is 3.62. The van der Waals surface area contributed by atoms with Crippen molar-refractivity contribution in [2.45, 2.75) is 66.0 Å². The summed E-state index contributed by atoms with van der Waals surface area (Å²) in [5, 5.41) is 4.50. The van der Waals surface area contributed by atoms with E-state index in [2.05, 4.69) is 18.9 Å². The summed E-state index contributed by atoms with van der Waals surface area (Å²) in [6.45, 7) is 10.3. The molecule has 1 heterocycles. The van der Waals surface area contributed by atoms with Crippen LogP contribution in [0.25, 0.3) is 0 Å². The summed E-state index contributed by atoms with van der Waals surface area (Å²) < 4.78 is 1.96. The van der Waals surface area contributed by atoms with E-state index in [1.54, 1.807) is 0 Å². The number of nitrogens with two attached hydrogens (primary N) is 1. The van der Waals surface area contributed by atoms with Crippen molar-refractivity contribution in [1.82, 2.24) is 9.78 Å². The molecule has 0 saturated carbocycles. The zero-order chi connectivity index (χ0) is 14.6. The van der Waals surface area contributed by atoms with E-state index in [0.29, 0.717) is 12.5 Å². The van der Waals surface area contributed by atoms with Crippen LogP contribution in [0.3, 0.4) is 0 Å². The minimum absolute atomic E-state index is 0.0577. The Balaban J connectivity index is 2.71. The molecule has 0 spiro atoms. The van der Waals surface area contributed by atoms with Crippen molar-refractivity contribution in [2.24, 2.45) is 11.1 Å². The van der Waals surface area contributed by atoms with Crippen LogP contribution >= 0.6 is 0 Å². The fourth-order valence-corrected chi connectivity index (χ4v) is 2.11. The van der Waals surface area contributed by atoms with Gasteiger partial charge in [-0.2, -0.15) is 5.10 Å². The molecule has 0 saturated heterocycles. The SMILES string of the molecule is CCC(CC)n1ccc(CC(=O)C(N)C(C)(C)C)n1. The van der Waals surface area contributed by atoms with Gasteiger partial charge < -0.3 is 5.73 Å². The van der Waals surface area contributed by atoms with E-state index >= 15 is 0 Å². The number of rotatable bonds is 6. The molecule has 0 aromatic carbocycles. The second-order valence-corrected chi connectivity index (χ2v) is 6.24. The fraction of sp³-hybridized carbons (Fsp3) is 0.733. The molecule has 108 valence electrons. The van der Waals surface area contributed by atoms with Crippen molar-refractivity contribution in [1.29, 1.82) is 0 Å². The first kappa shape index (κ1) is 15.9. The number of aromatic nitrogens is 2. The number of hydrogen-bond acceptors (Lipinski definition) is 3. The molecule has 1 aromatic heterocycles. The molecule has 4 heteroatoms. The van der Waals surface area contributed by atoms with Crippen molar-refractivity contribution in [3.63, 3.8) is 0 Å². The Labute approximate surface area is 116 Å². The smallest absolute Gasteiger partial charge is 0.156 e. The summed E-state index contributed by atoms with van der Waals surface area (Å²) in [6, 6.07) is 1.90. The van der Waals surface area contributed by atoms with E-state index in [0.717, 1.165) is 18.5 Å². The molecule has 1 aromatic rings. The Hall–Kier alpha value is -1.16. The van der Waals surface area contributed by atoms with Gasteiger partial charge in [0.1, 0.15) is 0 Å². The van der Waals surface area contributed by atoms with Crippen LogP contribution in [0.15, 0.2) is 12.3 Å². The highest BCUT2D eigenvalue weighted by atomic mass is 16.1. The average molecular weight is 265 g/mol. The standard InChI is InChI=1S/C15H27N3O/c1-6-12(7-2)18-9-8-11(17-18)10-13(19)14(16)15(3,4)5/h8-9,12,14H,6-7,10,16H2,1-5H3. The minimum atomic E-state index is -0.439. The van der Waals surface area contributed by atoms with Crippen LogP contribution < -0.4 is 5.73 Å². The predicted octanol–water partition coefficient (Wildman–Crippen LogP) is 2.73. The lowest BCUT2D eigenvalue weighted by Crippen LogP contribution is -2.43. The highest BCUT2D eigenvalue weighted by Gasteiger charge is 2.27. The summed E-state index contributed by atoms with van der Waals surface area (Å²) in [6.07, 6.45) is 4.38. The maximum Gasteiger partial charge on any atom is 0.156 e. The molecule has 2 N–H and O–H groups in total. The average Bonchev–Trinajstić information content (AvgIpc) is 2.77. The Morgan fingerprint density at radius 1 is 1.37 bits per heavy atom. The number of carbonyl (C=O) groups excluding carboxylic acids is 1. The molecule has 1 unspecified atom stereocenters. The predicted molar refractivity (Wildman–Crippen MR) is 78.0 cm³/mol. The van der Waals surface area contributed by atoms with Crippen molar-refractivity contribution in [3.05, 3.63) is 18.0 Å². The Bertz CT molecular complexity index is 413. The number of carbonyl (C=O) groups is 1. The molecule has 0 aliphatic rings. The summed E-state index contributed by atoms with van der Waals surface area (Å²) in [5.41, 5.74) is 6.59. The topological polar surface area (TPSA) is 60.9 Å². The molecule has 0 fully saturated rings. The van der Waals surface area contributed by atoms with Gasteiger partial charge in [-0.25, -0.2) is 0 Å².